The van der Waals surface area contributed by atoms with Gasteiger partial charge in [-0.2, -0.15) is 0 Å². The summed E-state index contributed by atoms with van der Waals surface area (Å²) in [7, 11) is 0. The Morgan fingerprint density at radius 1 is 1.19 bits per heavy atom. The molecule has 1 aromatic carbocycles. The fourth-order valence-corrected chi connectivity index (χ4v) is 3.24. The van der Waals surface area contributed by atoms with Gasteiger partial charge >= 0.3 is 0 Å². The van der Waals surface area contributed by atoms with Crippen molar-refractivity contribution in [1.29, 1.82) is 0 Å². The van der Waals surface area contributed by atoms with Crippen LogP contribution in [0.25, 0.3) is 0 Å². The third-order valence-corrected chi connectivity index (χ3v) is 4.51. The molecular formula is C18H22N4O5. The van der Waals surface area contributed by atoms with E-state index in [1.807, 2.05) is 0 Å². The summed E-state index contributed by atoms with van der Waals surface area (Å²) in [6.07, 6.45) is 0.942. The Labute approximate surface area is 156 Å². The number of benzene rings is 1. The van der Waals surface area contributed by atoms with Crippen LogP contribution in [0.1, 0.15) is 40.0 Å². The zero-order valence-electron chi connectivity index (χ0n) is 14.8. The number of nitrogens with one attached hydrogen (secondary N) is 2. The smallest absolute Gasteiger partial charge is 0.264 e. The molecular weight excluding hydrogens is 352 g/mol. The predicted molar refractivity (Wildman–Crippen MR) is 96.1 cm³/mol. The van der Waals surface area contributed by atoms with E-state index in [1.165, 1.54) is 0 Å². The van der Waals surface area contributed by atoms with Crippen molar-refractivity contribution < 1.29 is 23.9 Å². The van der Waals surface area contributed by atoms with E-state index in [4.69, 9.17) is 10.5 Å². The third kappa shape index (κ3) is 3.83. The number of rotatable bonds is 8. The maximum absolute atomic E-state index is 12.9. The lowest BCUT2D eigenvalue weighted by atomic mass is 10.0. The van der Waals surface area contributed by atoms with E-state index in [0.717, 1.165) is 4.90 Å². The van der Waals surface area contributed by atoms with Gasteiger partial charge in [0.1, 0.15) is 6.04 Å². The lowest BCUT2D eigenvalue weighted by molar-refractivity contribution is -0.136. The molecule has 1 aromatic rings. The van der Waals surface area contributed by atoms with Crippen LogP contribution < -0.4 is 16.4 Å². The molecule has 1 unspecified atom stereocenters. The van der Waals surface area contributed by atoms with Crippen LogP contribution in [0.15, 0.2) is 18.2 Å². The zero-order chi connectivity index (χ0) is 19.4. The van der Waals surface area contributed by atoms with E-state index >= 15 is 0 Å². The van der Waals surface area contributed by atoms with Gasteiger partial charge in [-0.3, -0.25) is 29.4 Å². The van der Waals surface area contributed by atoms with Crippen LogP contribution in [-0.4, -0.2) is 60.9 Å². The van der Waals surface area contributed by atoms with Crippen LogP contribution in [0.5, 0.6) is 0 Å². The average Bonchev–Trinajstić information content (AvgIpc) is 2.90. The van der Waals surface area contributed by atoms with Gasteiger partial charge in [0.2, 0.25) is 11.8 Å². The number of piperidine rings is 1. The lowest BCUT2D eigenvalue weighted by Crippen LogP contribution is -2.54. The molecule has 0 spiro atoms. The minimum atomic E-state index is -0.965. The number of ether oxygens (including phenoxy) is 1. The van der Waals surface area contributed by atoms with Gasteiger partial charge < -0.3 is 15.8 Å². The van der Waals surface area contributed by atoms with Gasteiger partial charge in [-0.05, 0) is 25.0 Å². The van der Waals surface area contributed by atoms with Crippen molar-refractivity contribution in [3.8, 4) is 0 Å². The highest BCUT2D eigenvalue weighted by Crippen LogP contribution is 2.32. The van der Waals surface area contributed by atoms with E-state index in [-0.39, 0.29) is 24.0 Å². The largest absolute Gasteiger partial charge is 0.384 e. The van der Waals surface area contributed by atoms with Gasteiger partial charge in [-0.15, -0.1) is 0 Å². The standard InChI is InChI=1S/C18H22N4O5/c19-7-10-27-9-2-8-20-12-4-1-3-11-15(12)18(26)22(17(11)25)13-5-6-14(23)21-16(13)24/h1,3-4,13,20H,2,5-10,19H2,(H,21,23,24). The third-order valence-electron chi connectivity index (χ3n) is 4.51. The fraction of sp³-hybridized carbons (Fsp3) is 0.444. The Balaban J connectivity index is 1.72. The molecule has 0 radical (unpaired) electrons. The molecule has 3 rings (SSSR count). The minimum absolute atomic E-state index is 0.0950. The number of nitrogens with two attached hydrogens (primary N) is 1. The molecule has 0 saturated carbocycles. The molecule has 0 aromatic heterocycles. The molecule has 2 aliphatic rings. The van der Waals surface area contributed by atoms with Gasteiger partial charge in [0.15, 0.2) is 0 Å². The number of carbonyl (C=O) groups is 4. The molecule has 4 amide bonds. The van der Waals surface area contributed by atoms with Crippen molar-refractivity contribution in [1.82, 2.24) is 10.2 Å². The van der Waals surface area contributed by atoms with E-state index in [9.17, 15) is 19.2 Å². The number of hydrogen-bond acceptors (Lipinski definition) is 7. The number of imide groups is 2. The summed E-state index contributed by atoms with van der Waals surface area (Å²) >= 11 is 0. The summed E-state index contributed by atoms with van der Waals surface area (Å²) in [5.74, 6) is -2.05. The highest BCUT2D eigenvalue weighted by atomic mass is 16.5. The van der Waals surface area contributed by atoms with Crippen molar-refractivity contribution in [2.45, 2.75) is 25.3 Å². The molecule has 0 aliphatic carbocycles. The summed E-state index contributed by atoms with van der Waals surface area (Å²) in [6.45, 7) is 2.05. The first-order valence-corrected chi connectivity index (χ1v) is 8.91. The van der Waals surface area contributed by atoms with Gasteiger partial charge in [-0.1, -0.05) is 6.07 Å². The number of hydrogen-bond donors (Lipinski definition) is 3. The van der Waals surface area contributed by atoms with Crippen LogP contribution in [0.4, 0.5) is 5.69 Å². The van der Waals surface area contributed by atoms with Crippen molar-refractivity contribution in [3.05, 3.63) is 29.3 Å². The first-order valence-electron chi connectivity index (χ1n) is 8.91. The number of nitrogens with zero attached hydrogens (tertiary/aromatic N) is 1. The Morgan fingerprint density at radius 2 is 2.00 bits per heavy atom. The van der Waals surface area contributed by atoms with Crippen molar-refractivity contribution >= 4 is 29.3 Å². The second kappa shape index (κ2) is 8.28. The minimum Gasteiger partial charge on any atom is -0.384 e. The van der Waals surface area contributed by atoms with Crippen LogP contribution in [-0.2, 0) is 14.3 Å². The molecule has 2 aliphatic heterocycles. The van der Waals surface area contributed by atoms with Crippen LogP contribution in [0, 0.1) is 0 Å². The molecule has 1 fully saturated rings. The molecule has 9 heteroatoms. The van der Waals surface area contributed by atoms with Crippen molar-refractivity contribution in [3.63, 3.8) is 0 Å². The van der Waals surface area contributed by atoms with Gasteiger partial charge in [0, 0.05) is 31.8 Å². The van der Waals surface area contributed by atoms with Crippen molar-refractivity contribution in [2.24, 2.45) is 5.73 Å². The average molecular weight is 374 g/mol. The molecule has 1 saturated heterocycles. The quantitative estimate of drug-likeness (QED) is 0.426. The molecule has 0 bridgehead atoms. The summed E-state index contributed by atoms with van der Waals surface area (Å²) in [6, 6.07) is 4.01. The van der Waals surface area contributed by atoms with Crippen LogP contribution in [0.2, 0.25) is 0 Å². The van der Waals surface area contributed by atoms with Gasteiger partial charge in [0.25, 0.3) is 11.8 Å². The molecule has 4 N–H and O–H groups in total. The first kappa shape index (κ1) is 19.0. The Bertz CT molecular complexity index is 779. The summed E-state index contributed by atoms with van der Waals surface area (Å²) in [4.78, 5) is 50.0. The lowest BCUT2D eigenvalue weighted by Gasteiger charge is -2.27. The van der Waals surface area contributed by atoms with E-state index in [2.05, 4.69) is 10.6 Å². The normalized spacial score (nSPS) is 19.3. The highest BCUT2D eigenvalue weighted by molar-refractivity contribution is 6.25. The zero-order valence-corrected chi connectivity index (χ0v) is 14.8. The number of anilines is 1. The maximum Gasteiger partial charge on any atom is 0.264 e. The fourth-order valence-electron chi connectivity index (χ4n) is 3.24. The number of amides is 4. The molecule has 9 nitrogen and oxygen atoms in total. The Morgan fingerprint density at radius 3 is 2.74 bits per heavy atom. The molecule has 1 atom stereocenters. The van der Waals surface area contributed by atoms with E-state index in [0.29, 0.717) is 38.4 Å². The Kier molecular flexibility index (Phi) is 5.82. The van der Waals surface area contributed by atoms with Crippen LogP contribution in [0.3, 0.4) is 0 Å². The topological polar surface area (TPSA) is 131 Å². The SMILES string of the molecule is NCCOCCCNc1cccc2c1C(=O)N(C1CCC(=O)NC1=O)C2=O. The summed E-state index contributed by atoms with van der Waals surface area (Å²) in [5, 5.41) is 5.33. The second-order valence-electron chi connectivity index (χ2n) is 6.36. The summed E-state index contributed by atoms with van der Waals surface area (Å²) < 4.78 is 5.30. The number of carbonyl (C=O) groups excluding carboxylic acids is 4. The van der Waals surface area contributed by atoms with Crippen LogP contribution >= 0.6 is 0 Å². The van der Waals surface area contributed by atoms with Gasteiger partial charge in [-0.25, -0.2) is 0 Å². The highest BCUT2D eigenvalue weighted by Gasteiger charge is 2.45. The Hall–Kier alpha value is -2.78. The van der Waals surface area contributed by atoms with Gasteiger partial charge in [0.05, 0.1) is 17.7 Å². The number of fused-ring (bicyclic) bond motifs is 1. The maximum atomic E-state index is 12.9. The van der Waals surface area contributed by atoms with E-state index < -0.39 is 29.7 Å². The molecule has 27 heavy (non-hydrogen) atoms. The van der Waals surface area contributed by atoms with Crippen molar-refractivity contribution in [2.75, 3.05) is 31.6 Å². The summed E-state index contributed by atoms with van der Waals surface area (Å²) in [5.41, 5.74) is 6.41. The van der Waals surface area contributed by atoms with E-state index in [1.54, 1.807) is 18.2 Å². The molecule has 144 valence electrons. The monoisotopic (exact) mass is 374 g/mol. The second-order valence-corrected chi connectivity index (χ2v) is 6.36. The first-order chi connectivity index (χ1) is 13.0. The predicted octanol–water partition coefficient (Wildman–Crippen LogP) is -0.135. The molecule has 2 heterocycles.